The summed E-state index contributed by atoms with van der Waals surface area (Å²) < 4.78 is 11.2. The summed E-state index contributed by atoms with van der Waals surface area (Å²) in [6, 6.07) is 30.4. The number of nitrogens with zero attached hydrogens (tertiary/aromatic N) is 1. The standard InChI is InChI=1S/C28H24N2O4/c31-26(33-18-20-10-4-1-5-11-20)28(27(32)34-19-21-12-6-2-7-13-21)17-23(28)25-16-24(29-30-25)22-14-8-3-9-15-22/h1-16,23H,17-19H2,(H,29,30). The van der Waals surface area contributed by atoms with Gasteiger partial charge in [0.2, 0.25) is 0 Å². The third-order valence-corrected chi connectivity index (χ3v) is 6.16. The largest absolute Gasteiger partial charge is 0.460 e. The molecule has 1 unspecified atom stereocenters. The number of H-pyrrole nitrogens is 1. The Kier molecular flexibility index (Phi) is 5.95. The van der Waals surface area contributed by atoms with Crippen molar-refractivity contribution in [1.82, 2.24) is 10.2 Å². The van der Waals surface area contributed by atoms with Gasteiger partial charge in [-0.3, -0.25) is 14.7 Å². The molecule has 3 aromatic carbocycles. The Morgan fingerprint density at radius 2 is 1.29 bits per heavy atom. The van der Waals surface area contributed by atoms with Gasteiger partial charge in [0.1, 0.15) is 13.2 Å². The predicted octanol–water partition coefficient (Wildman–Crippen LogP) is 5.04. The highest BCUT2D eigenvalue weighted by Crippen LogP contribution is 2.60. The van der Waals surface area contributed by atoms with Crippen LogP contribution < -0.4 is 0 Å². The molecule has 5 rings (SSSR count). The number of aromatic nitrogens is 2. The molecule has 1 aliphatic carbocycles. The van der Waals surface area contributed by atoms with Gasteiger partial charge in [-0.25, -0.2) is 0 Å². The van der Waals surface area contributed by atoms with E-state index in [4.69, 9.17) is 9.47 Å². The van der Waals surface area contributed by atoms with Crippen LogP contribution in [-0.2, 0) is 32.3 Å². The molecule has 1 heterocycles. The zero-order valence-corrected chi connectivity index (χ0v) is 18.5. The van der Waals surface area contributed by atoms with E-state index in [2.05, 4.69) is 10.2 Å². The number of hydrogen-bond donors (Lipinski definition) is 1. The van der Waals surface area contributed by atoms with Crippen LogP contribution in [0.2, 0.25) is 0 Å². The Bertz CT molecular complexity index is 1210. The minimum atomic E-state index is -1.38. The van der Waals surface area contributed by atoms with Crippen LogP contribution in [0, 0.1) is 5.41 Å². The highest BCUT2D eigenvalue weighted by Gasteiger charge is 2.69. The first kappa shape index (κ1) is 21.6. The van der Waals surface area contributed by atoms with Gasteiger partial charge in [0, 0.05) is 17.2 Å². The number of rotatable bonds is 8. The molecule has 1 saturated carbocycles. The molecule has 0 spiro atoms. The summed E-state index contributed by atoms with van der Waals surface area (Å²) in [6.07, 6.45) is 0.310. The van der Waals surface area contributed by atoms with Crippen molar-refractivity contribution in [2.75, 3.05) is 0 Å². The minimum absolute atomic E-state index is 0.0956. The van der Waals surface area contributed by atoms with Gasteiger partial charge in [-0.05, 0) is 23.6 Å². The second-order valence-corrected chi connectivity index (χ2v) is 8.43. The lowest BCUT2D eigenvalue weighted by Gasteiger charge is -2.16. The summed E-state index contributed by atoms with van der Waals surface area (Å²) >= 11 is 0. The number of ether oxygens (including phenoxy) is 2. The van der Waals surface area contributed by atoms with Crippen molar-refractivity contribution < 1.29 is 19.1 Å². The molecule has 4 aromatic rings. The van der Waals surface area contributed by atoms with Crippen molar-refractivity contribution in [3.8, 4) is 11.3 Å². The van der Waals surface area contributed by atoms with Gasteiger partial charge < -0.3 is 9.47 Å². The second kappa shape index (κ2) is 9.35. The molecule has 1 atom stereocenters. The summed E-state index contributed by atoms with van der Waals surface area (Å²) in [7, 11) is 0. The van der Waals surface area contributed by atoms with Crippen LogP contribution >= 0.6 is 0 Å². The molecule has 1 aromatic heterocycles. The van der Waals surface area contributed by atoms with Crippen LogP contribution in [0.3, 0.4) is 0 Å². The quantitative estimate of drug-likeness (QED) is 0.299. The zero-order valence-electron chi connectivity index (χ0n) is 18.5. The van der Waals surface area contributed by atoms with E-state index >= 15 is 0 Å². The molecule has 6 nitrogen and oxygen atoms in total. The average Bonchev–Trinajstić information content (AvgIpc) is 3.47. The van der Waals surface area contributed by atoms with Gasteiger partial charge in [-0.1, -0.05) is 91.0 Å². The number of nitrogens with one attached hydrogen (secondary N) is 1. The maximum absolute atomic E-state index is 13.3. The predicted molar refractivity (Wildman–Crippen MR) is 126 cm³/mol. The Morgan fingerprint density at radius 1 is 0.794 bits per heavy atom. The molecule has 0 amide bonds. The van der Waals surface area contributed by atoms with Gasteiger partial charge >= 0.3 is 11.9 Å². The van der Waals surface area contributed by atoms with Crippen LogP contribution in [0.1, 0.15) is 29.2 Å². The molecule has 1 fully saturated rings. The topological polar surface area (TPSA) is 81.3 Å². The van der Waals surface area contributed by atoms with E-state index in [1.165, 1.54) is 0 Å². The van der Waals surface area contributed by atoms with E-state index in [9.17, 15) is 9.59 Å². The monoisotopic (exact) mass is 452 g/mol. The Hall–Kier alpha value is -4.19. The van der Waals surface area contributed by atoms with Crippen LogP contribution in [0.15, 0.2) is 97.1 Å². The average molecular weight is 453 g/mol. The van der Waals surface area contributed by atoms with Crippen LogP contribution in [0.4, 0.5) is 0 Å². The summed E-state index contributed by atoms with van der Waals surface area (Å²) in [5.41, 5.74) is 2.75. The summed E-state index contributed by atoms with van der Waals surface area (Å²) in [4.78, 5) is 26.5. The summed E-state index contributed by atoms with van der Waals surface area (Å²) in [6.45, 7) is 0.191. The Balaban J connectivity index is 1.36. The fourth-order valence-electron chi connectivity index (χ4n) is 4.15. The number of carbonyl (C=O) groups excluding carboxylic acids is 2. The number of aromatic amines is 1. The molecule has 170 valence electrons. The first-order valence-electron chi connectivity index (χ1n) is 11.2. The fraction of sp³-hybridized carbons (Fsp3) is 0.179. The first-order chi connectivity index (χ1) is 16.7. The third-order valence-electron chi connectivity index (χ3n) is 6.16. The molecule has 0 saturated heterocycles. The van der Waals surface area contributed by atoms with Gasteiger partial charge in [-0.2, -0.15) is 5.10 Å². The molecule has 1 N–H and O–H groups in total. The number of hydrogen-bond acceptors (Lipinski definition) is 5. The molecule has 6 heteroatoms. The zero-order chi connectivity index (χ0) is 23.4. The van der Waals surface area contributed by atoms with E-state index in [1.807, 2.05) is 97.1 Å². The van der Waals surface area contributed by atoms with Gasteiger partial charge in [0.05, 0.1) is 5.69 Å². The van der Waals surface area contributed by atoms with Crippen molar-refractivity contribution in [3.63, 3.8) is 0 Å². The van der Waals surface area contributed by atoms with Crippen LogP contribution in [-0.4, -0.2) is 22.1 Å². The lowest BCUT2D eigenvalue weighted by atomic mass is 10.0. The summed E-state index contributed by atoms with van der Waals surface area (Å²) in [5.74, 6) is -1.53. The van der Waals surface area contributed by atoms with Crippen LogP contribution in [0.25, 0.3) is 11.3 Å². The maximum Gasteiger partial charge on any atom is 0.324 e. The normalized spacial score (nSPS) is 15.9. The molecular weight excluding hydrogens is 428 g/mol. The van der Waals surface area contributed by atoms with E-state index in [0.717, 1.165) is 22.4 Å². The van der Waals surface area contributed by atoms with Gasteiger partial charge in [0.25, 0.3) is 0 Å². The van der Waals surface area contributed by atoms with E-state index in [1.54, 1.807) is 0 Å². The number of benzene rings is 3. The minimum Gasteiger partial charge on any atom is -0.460 e. The maximum atomic E-state index is 13.3. The van der Waals surface area contributed by atoms with E-state index < -0.39 is 17.4 Å². The molecule has 1 aliphatic rings. The lowest BCUT2D eigenvalue weighted by molar-refractivity contribution is -0.166. The number of carbonyl (C=O) groups is 2. The molecule has 0 radical (unpaired) electrons. The SMILES string of the molecule is O=C(OCc1ccccc1)C1(C(=O)OCc2ccccc2)CC1c1cc(-c2ccccc2)n[nH]1. The van der Waals surface area contributed by atoms with Crippen molar-refractivity contribution in [2.45, 2.75) is 25.6 Å². The molecule has 0 bridgehead atoms. The molecule has 34 heavy (non-hydrogen) atoms. The van der Waals surface area contributed by atoms with E-state index in [-0.39, 0.29) is 19.1 Å². The first-order valence-corrected chi connectivity index (χ1v) is 11.2. The summed E-state index contributed by atoms with van der Waals surface area (Å²) in [5, 5.41) is 7.40. The Labute approximate surface area is 197 Å². The fourth-order valence-corrected chi connectivity index (χ4v) is 4.15. The smallest absolute Gasteiger partial charge is 0.324 e. The van der Waals surface area contributed by atoms with E-state index in [0.29, 0.717) is 12.1 Å². The molecular formula is C28H24N2O4. The van der Waals surface area contributed by atoms with Crippen molar-refractivity contribution in [2.24, 2.45) is 5.41 Å². The highest BCUT2D eigenvalue weighted by molar-refractivity contribution is 6.05. The molecule has 0 aliphatic heterocycles. The lowest BCUT2D eigenvalue weighted by Crippen LogP contribution is -2.31. The van der Waals surface area contributed by atoms with Gasteiger partial charge in [-0.15, -0.1) is 0 Å². The van der Waals surface area contributed by atoms with Crippen molar-refractivity contribution >= 4 is 11.9 Å². The van der Waals surface area contributed by atoms with Crippen LogP contribution in [0.5, 0.6) is 0 Å². The van der Waals surface area contributed by atoms with Crippen molar-refractivity contribution in [3.05, 3.63) is 114 Å². The van der Waals surface area contributed by atoms with Crippen molar-refractivity contribution in [1.29, 1.82) is 0 Å². The highest BCUT2D eigenvalue weighted by atomic mass is 16.6. The second-order valence-electron chi connectivity index (χ2n) is 8.43. The Morgan fingerprint density at radius 3 is 1.82 bits per heavy atom. The third kappa shape index (κ3) is 4.35. The number of esters is 2. The van der Waals surface area contributed by atoms with Gasteiger partial charge in [0.15, 0.2) is 5.41 Å².